The van der Waals surface area contributed by atoms with Gasteiger partial charge in [-0.05, 0) is 19.8 Å². The van der Waals surface area contributed by atoms with Crippen molar-refractivity contribution in [2.75, 3.05) is 19.6 Å². The van der Waals surface area contributed by atoms with Crippen molar-refractivity contribution < 1.29 is 39.0 Å². The molecule has 0 fully saturated rings. The van der Waals surface area contributed by atoms with E-state index in [1.165, 1.54) is 13.8 Å². The fourth-order valence-corrected chi connectivity index (χ4v) is 2.69. The van der Waals surface area contributed by atoms with Gasteiger partial charge in [-0.2, -0.15) is 0 Å². The highest BCUT2D eigenvalue weighted by atomic mass is 16.4. The first-order valence-corrected chi connectivity index (χ1v) is 10.6. The van der Waals surface area contributed by atoms with E-state index in [1.807, 2.05) is 0 Å². The maximum atomic E-state index is 12.9. The Morgan fingerprint density at radius 3 is 1.85 bits per heavy atom. The topological polar surface area (TPSA) is 203 Å². The number of aliphatic carboxylic acids is 2. The second-order valence-corrected chi connectivity index (χ2v) is 7.94. The molecule has 0 saturated carbocycles. The van der Waals surface area contributed by atoms with E-state index in [2.05, 4.69) is 26.6 Å². The molecule has 0 aromatic rings. The molecule has 4 amide bonds. The Labute approximate surface area is 192 Å². The minimum atomic E-state index is -1.28. The summed E-state index contributed by atoms with van der Waals surface area (Å²) in [7, 11) is 0. The molecule has 0 bridgehead atoms. The first kappa shape index (κ1) is 29.8. The van der Waals surface area contributed by atoms with Gasteiger partial charge in [-0.1, -0.05) is 20.8 Å². The number of likely N-dealkylation sites (N-methyl/N-ethyl adjacent to an activating group) is 1. The fraction of sp³-hybridized carbons (Fsp3) is 0.700. The molecule has 0 saturated heterocycles. The van der Waals surface area contributed by atoms with Gasteiger partial charge in [0.2, 0.25) is 23.6 Å². The molecule has 188 valence electrons. The van der Waals surface area contributed by atoms with E-state index < -0.39 is 72.6 Å². The molecule has 0 spiro atoms. The number of nitrogens with one attached hydrogen (secondary N) is 5. The predicted molar refractivity (Wildman–Crippen MR) is 117 cm³/mol. The van der Waals surface area contributed by atoms with E-state index in [0.717, 1.165) is 0 Å². The Morgan fingerprint density at radius 2 is 1.36 bits per heavy atom. The number of amides is 4. The second kappa shape index (κ2) is 14.8. The zero-order chi connectivity index (χ0) is 25.7. The van der Waals surface area contributed by atoms with Crippen molar-refractivity contribution in [2.45, 2.75) is 59.2 Å². The fourth-order valence-electron chi connectivity index (χ4n) is 2.69. The van der Waals surface area contributed by atoms with Crippen molar-refractivity contribution in [1.29, 1.82) is 0 Å². The molecule has 33 heavy (non-hydrogen) atoms. The third kappa shape index (κ3) is 11.8. The molecule has 13 nitrogen and oxygen atoms in total. The number of carboxylic acids is 2. The molecule has 0 heterocycles. The van der Waals surface area contributed by atoms with Gasteiger partial charge in [-0.25, -0.2) is 0 Å². The van der Waals surface area contributed by atoms with Gasteiger partial charge in [-0.3, -0.25) is 28.8 Å². The third-order valence-corrected chi connectivity index (χ3v) is 4.54. The van der Waals surface area contributed by atoms with E-state index in [4.69, 9.17) is 10.2 Å². The van der Waals surface area contributed by atoms with Crippen molar-refractivity contribution in [3.05, 3.63) is 0 Å². The summed E-state index contributed by atoms with van der Waals surface area (Å²) in [5.74, 6) is -6.20. The summed E-state index contributed by atoms with van der Waals surface area (Å²) in [6, 6.07) is -3.17. The van der Waals surface area contributed by atoms with E-state index in [1.54, 1.807) is 20.8 Å². The first-order valence-electron chi connectivity index (χ1n) is 10.6. The van der Waals surface area contributed by atoms with E-state index >= 15 is 0 Å². The number of hydrogen-bond acceptors (Lipinski definition) is 7. The average molecular weight is 474 g/mol. The molecule has 0 aromatic carbocycles. The number of hydrogen-bond donors (Lipinski definition) is 7. The maximum Gasteiger partial charge on any atom is 0.317 e. The van der Waals surface area contributed by atoms with Crippen molar-refractivity contribution in [1.82, 2.24) is 26.6 Å². The first-order chi connectivity index (χ1) is 15.3. The van der Waals surface area contributed by atoms with Gasteiger partial charge in [0.15, 0.2) is 0 Å². The Balaban J connectivity index is 5.39. The molecule has 7 N–H and O–H groups in total. The third-order valence-electron chi connectivity index (χ3n) is 4.54. The Hall–Kier alpha value is -3.22. The molecular formula is C20H35N5O8. The summed E-state index contributed by atoms with van der Waals surface area (Å²) in [6.07, 6.45) is -0.461. The van der Waals surface area contributed by atoms with Gasteiger partial charge in [0, 0.05) is 19.0 Å². The SMILES string of the molecule is CCNC(=O)[C@H](C)NC(=O)[C@@H](NC(=O)[C@H](CNCC(=O)O)NC(=O)C(C)CC(=O)O)C(C)C. The van der Waals surface area contributed by atoms with Crippen LogP contribution in [0.3, 0.4) is 0 Å². The van der Waals surface area contributed by atoms with Gasteiger partial charge in [0.05, 0.1) is 13.0 Å². The minimum absolute atomic E-state index is 0.272. The molecule has 0 aliphatic heterocycles. The van der Waals surface area contributed by atoms with Crippen LogP contribution in [-0.2, 0) is 28.8 Å². The lowest BCUT2D eigenvalue weighted by Gasteiger charge is -2.27. The summed E-state index contributed by atoms with van der Waals surface area (Å²) in [4.78, 5) is 71.3. The zero-order valence-corrected chi connectivity index (χ0v) is 19.6. The van der Waals surface area contributed by atoms with Gasteiger partial charge in [-0.15, -0.1) is 0 Å². The van der Waals surface area contributed by atoms with Gasteiger partial charge < -0.3 is 36.8 Å². The van der Waals surface area contributed by atoms with Crippen LogP contribution in [0.1, 0.15) is 41.0 Å². The molecule has 1 unspecified atom stereocenters. The van der Waals surface area contributed by atoms with Crippen LogP contribution in [-0.4, -0.2) is 83.5 Å². The summed E-state index contributed by atoms with van der Waals surface area (Å²) in [6.45, 7) is 7.57. The molecule has 0 aliphatic carbocycles. The highest BCUT2D eigenvalue weighted by molar-refractivity contribution is 5.94. The minimum Gasteiger partial charge on any atom is -0.481 e. The van der Waals surface area contributed by atoms with Crippen LogP contribution in [0.2, 0.25) is 0 Å². The van der Waals surface area contributed by atoms with Crippen molar-refractivity contribution >= 4 is 35.6 Å². The van der Waals surface area contributed by atoms with Gasteiger partial charge >= 0.3 is 11.9 Å². The Morgan fingerprint density at radius 1 is 0.758 bits per heavy atom. The molecule has 4 atom stereocenters. The number of rotatable bonds is 15. The highest BCUT2D eigenvalue weighted by Gasteiger charge is 2.31. The monoisotopic (exact) mass is 473 g/mol. The number of carboxylic acid groups (broad SMARTS) is 2. The smallest absolute Gasteiger partial charge is 0.317 e. The van der Waals surface area contributed by atoms with Crippen LogP contribution in [0.25, 0.3) is 0 Å². The Kier molecular flexibility index (Phi) is 13.3. The van der Waals surface area contributed by atoms with Crippen LogP contribution in [0.15, 0.2) is 0 Å². The standard InChI is InChI=1S/C20H35N5O8/c1-6-22-18(31)12(5)23-20(33)16(10(2)3)25-19(32)13(8-21-9-15(28)29)24-17(30)11(4)7-14(26)27/h10-13,16,21H,6-9H2,1-5H3,(H,22,31)(H,23,33)(H,24,30)(H,25,32)(H,26,27)(H,28,29)/t11?,12-,13-,16-/m0/s1. The van der Waals surface area contributed by atoms with Crippen LogP contribution >= 0.6 is 0 Å². The molecule has 13 heteroatoms. The number of carbonyl (C=O) groups is 6. The summed E-state index contributed by atoms with van der Waals surface area (Å²) < 4.78 is 0. The lowest BCUT2D eigenvalue weighted by atomic mass is 10.0. The molecule has 0 aromatic heterocycles. The van der Waals surface area contributed by atoms with E-state index in [0.29, 0.717) is 6.54 Å². The van der Waals surface area contributed by atoms with Crippen LogP contribution in [0.5, 0.6) is 0 Å². The van der Waals surface area contributed by atoms with Crippen LogP contribution in [0, 0.1) is 11.8 Å². The molecule has 0 aliphatic rings. The lowest BCUT2D eigenvalue weighted by molar-refractivity contribution is -0.141. The number of carbonyl (C=O) groups excluding carboxylic acids is 4. The predicted octanol–water partition coefficient (Wildman–Crippen LogP) is -1.96. The summed E-state index contributed by atoms with van der Waals surface area (Å²) >= 11 is 0. The average Bonchev–Trinajstić information content (AvgIpc) is 2.69. The summed E-state index contributed by atoms with van der Waals surface area (Å²) in [5, 5.41) is 30.1. The highest BCUT2D eigenvalue weighted by Crippen LogP contribution is 2.05. The Bertz CT molecular complexity index is 727. The summed E-state index contributed by atoms with van der Waals surface area (Å²) in [5.41, 5.74) is 0. The molecule has 0 rings (SSSR count). The van der Waals surface area contributed by atoms with Gasteiger partial charge in [0.25, 0.3) is 0 Å². The maximum absolute atomic E-state index is 12.9. The van der Waals surface area contributed by atoms with Crippen molar-refractivity contribution in [3.8, 4) is 0 Å². The lowest BCUT2D eigenvalue weighted by Crippen LogP contribution is -2.59. The van der Waals surface area contributed by atoms with Gasteiger partial charge in [0.1, 0.15) is 18.1 Å². The van der Waals surface area contributed by atoms with E-state index in [-0.39, 0.29) is 12.5 Å². The van der Waals surface area contributed by atoms with Crippen LogP contribution < -0.4 is 26.6 Å². The normalized spacial score (nSPS) is 14.4. The quantitative estimate of drug-likeness (QED) is 0.141. The second-order valence-electron chi connectivity index (χ2n) is 7.94. The van der Waals surface area contributed by atoms with Crippen LogP contribution in [0.4, 0.5) is 0 Å². The van der Waals surface area contributed by atoms with Crippen molar-refractivity contribution in [3.63, 3.8) is 0 Å². The molecular weight excluding hydrogens is 438 g/mol. The largest absolute Gasteiger partial charge is 0.481 e. The zero-order valence-electron chi connectivity index (χ0n) is 19.6. The van der Waals surface area contributed by atoms with E-state index in [9.17, 15) is 28.8 Å². The van der Waals surface area contributed by atoms with Crippen molar-refractivity contribution in [2.24, 2.45) is 11.8 Å². The molecule has 0 radical (unpaired) electrons.